The van der Waals surface area contributed by atoms with Crippen molar-refractivity contribution in [2.75, 3.05) is 14.7 Å². The second kappa shape index (κ2) is 30.1. The van der Waals surface area contributed by atoms with Gasteiger partial charge in [-0.25, -0.2) is 0 Å². The first-order valence-corrected chi connectivity index (χ1v) is 53.4. The minimum absolute atomic E-state index is 0.0334. The average molecular weight is 1810 g/mol. The van der Waals surface area contributed by atoms with Gasteiger partial charge in [0.2, 0.25) is 0 Å². The molecule has 17 aromatic carbocycles. The molecule has 684 valence electrons. The van der Waals surface area contributed by atoms with Crippen molar-refractivity contribution >= 4 is 72.7 Å². The highest BCUT2D eigenvalue weighted by Crippen LogP contribution is 2.74. The van der Waals surface area contributed by atoms with Gasteiger partial charge in [-0.3, -0.25) is 0 Å². The summed E-state index contributed by atoms with van der Waals surface area (Å²) in [6.07, 6.45) is 21.3. The monoisotopic (exact) mass is 1810 g/mol. The molecule has 140 heavy (non-hydrogen) atoms. The smallest absolute Gasteiger partial charge is 0.0468 e. The van der Waals surface area contributed by atoms with E-state index in [2.05, 4.69) is 426 Å². The molecule has 0 atom stereocenters. The van der Waals surface area contributed by atoms with Gasteiger partial charge in [0, 0.05) is 83.7 Å². The third-order valence-corrected chi connectivity index (χ3v) is 39.9. The van der Waals surface area contributed by atoms with Crippen LogP contribution in [-0.2, 0) is 32.5 Å². The first kappa shape index (κ1) is 82.5. The summed E-state index contributed by atoms with van der Waals surface area (Å²) in [6, 6.07) is 142. The normalized spacial score (nSPS) is 26.8. The van der Waals surface area contributed by atoms with E-state index in [1.54, 1.807) is 33.4 Å². The predicted molar refractivity (Wildman–Crippen MR) is 581 cm³/mol. The summed E-state index contributed by atoms with van der Waals surface area (Å²) in [5.41, 5.74) is 46.9. The molecule has 0 unspecified atom stereocenters. The second-order valence-electron chi connectivity index (χ2n) is 47.5. The highest BCUT2D eigenvalue weighted by atomic mass is 15.2. The van der Waals surface area contributed by atoms with E-state index < -0.39 is 0 Å². The number of hydrogen-bond donors (Lipinski definition) is 0. The zero-order valence-corrected chi connectivity index (χ0v) is 81.6. The molecule has 0 amide bonds. The molecular formula is C137H121N3. The molecule has 12 bridgehead atoms. The maximum Gasteiger partial charge on any atom is 0.0468 e. The van der Waals surface area contributed by atoms with Gasteiger partial charge in [-0.2, -0.15) is 0 Å². The summed E-state index contributed by atoms with van der Waals surface area (Å²) in [6.45, 7) is 14.3. The lowest BCUT2D eigenvalue weighted by Gasteiger charge is -2.61. The summed E-state index contributed by atoms with van der Waals surface area (Å²) >= 11 is 0. The van der Waals surface area contributed by atoms with Gasteiger partial charge in [0.15, 0.2) is 0 Å². The van der Waals surface area contributed by atoms with Crippen LogP contribution in [0, 0.1) is 71.0 Å². The summed E-state index contributed by atoms with van der Waals surface area (Å²) in [5, 5.41) is 5.12. The fourth-order valence-electron chi connectivity index (χ4n) is 34.9. The lowest BCUT2D eigenvalue weighted by molar-refractivity contribution is -0.0399. The van der Waals surface area contributed by atoms with E-state index in [0.717, 1.165) is 71.0 Å². The van der Waals surface area contributed by atoms with Gasteiger partial charge < -0.3 is 14.7 Å². The van der Waals surface area contributed by atoms with Crippen LogP contribution in [0.3, 0.4) is 0 Å². The lowest BCUT2D eigenvalue weighted by Crippen LogP contribution is -2.55. The van der Waals surface area contributed by atoms with Gasteiger partial charge in [0.05, 0.1) is 0 Å². The van der Waals surface area contributed by atoms with Crippen LogP contribution in [0.2, 0.25) is 0 Å². The van der Waals surface area contributed by atoms with Gasteiger partial charge in [0.1, 0.15) is 0 Å². The zero-order valence-electron chi connectivity index (χ0n) is 81.6. The molecule has 0 radical (unpaired) electrons. The maximum atomic E-state index is 2.64. The third-order valence-electron chi connectivity index (χ3n) is 39.9. The van der Waals surface area contributed by atoms with Crippen molar-refractivity contribution in [2.24, 2.45) is 71.0 Å². The van der Waals surface area contributed by atoms with E-state index in [9.17, 15) is 0 Å². The van der Waals surface area contributed by atoms with Crippen LogP contribution in [0.25, 0.3) is 88.3 Å². The predicted octanol–water partition coefficient (Wildman–Crippen LogP) is 35.9. The standard InChI is InChI=1S/2C47H41N.C43H39N/c2*1-46(2)42-13-7-5-11-38(42)40-19-17-36(27-44(40)46)48(35-16-15-31-9-3-4-10-32(31)26-35)37-18-20-41-39-12-6-8-14-43(39)47(45(41)28-37)33-22-29-21-30(24-33)25-34(47)23-29;1-42(2)38-14-8-6-12-34(38)36-18-16-32(25-40(36)42)44(31-10-4-3-5-11-31)33-17-19-37-35-13-7-9-15-39(35)43(41(37)26-33)29-21-27-20-28(23-29)24-30(43)22-27/h2*3-20,26-30,33-34H,21-25H2,1-2H3;3-19,25-30H,20-24H2,1-2H3. The highest BCUT2D eigenvalue weighted by molar-refractivity contribution is 5.97. The topological polar surface area (TPSA) is 9.72 Å². The molecule has 3 spiro atoms. The quantitative estimate of drug-likeness (QED) is 0.143. The van der Waals surface area contributed by atoms with Gasteiger partial charge >= 0.3 is 0 Å². The van der Waals surface area contributed by atoms with Crippen molar-refractivity contribution in [1.82, 2.24) is 0 Å². The minimum Gasteiger partial charge on any atom is -0.310 e. The Balaban J connectivity index is 0.0000000988. The van der Waals surface area contributed by atoms with E-state index >= 15 is 0 Å². The maximum absolute atomic E-state index is 2.64. The van der Waals surface area contributed by atoms with Crippen LogP contribution in [0.15, 0.2) is 370 Å². The SMILES string of the molecule is CC1(C)c2ccccc2-c2ccc(N(c3ccc4c(c3)C3(c5ccccc5-4)C4CC5CC(C4)CC3C5)c3ccc4ccccc4c3)cc21.CC1(C)c2ccccc2-c2ccc(N(c3ccc4c(c3)C3(c5ccccc5-4)C4CC5CC(C4)CC3C5)c3ccc4ccccc4c3)cc21.CC1(C)c2ccccc2-c2ccc(N(c3ccccc3)c3ccc4c(c3)C3(c5ccccc5-4)C4CC5CC(C4)CC3C5)cc21. The molecule has 12 saturated carbocycles. The zero-order chi connectivity index (χ0) is 92.8. The number of anilines is 9. The number of rotatable bonds is 9. The average Bonchev–Trinajstić information content (AvgIpc) is 1.51. The largest absolute Gasteiger partial charge is 0.310 e. The molecule has 18 aliphatic rings. The Bertz CT molecular complexity index is 7650. The summed E-state index contributed by atoms with van der Waals surface area (Å²) in [5.74, 6) is 10.2. The third kappa shape index (κ3) is 11.5. The molecular weight excluding hydrogens is 1690 g/mol. The van der Waals surface area contributed by atoms with Gasteiger partial charge in [-0.1, -0.05) is 302 Å². The Hall–Kier alpha value is -13.3. The first-order chi connectivity index (χ1) is 68.5. The van der Waals surface area contributed by atoms with E-state index in [-0.39, 0.29) is 32.5 Å². The van der Waals surface area contributed by atoms with Crippen molar-refractivity contribution in [3.8, 4) is 66.8 Å². The van der Waals surface area contributed by atoms with Crippen LogP contribution >= 0.6 is 0 Å². The Morgan fingerprint density at radius 3 is 0.621 bits per heavy atom. The van der Waals surface area contributed by atoms with Crippen molar-refractivity contribution in [2.45, 2.75) is 170 Å². The summed E-state index contributed by atoms with van der Waals surface area (Å²) in [7, 11) is 0. The molecule has 17 aromatic rings. The van der Waals surface area contributed by atoms with Crippen molar-refractivity contribution in [3.63, 3.8) is 0 Å². The van der Waals surface area contributed by atoms with E-state index in [0.29, 0.717) is 0 Å². The van der Waals surface area contributed by atoms with Crippen molar-refractivity contribution in [1.29, 1.82) is 0 Å². The molecule has 0 heterocycles. The Morgan fingerprint density at radius 2 is 0.343 bits per heavy atom. The van der Waals surface area contributed by atoms with E-state index in [4.69, 9.17) is 0 Å². The lowest BCUT2D eigenvalue weighted by atomic mass is 9.43. The summed E-state index contributed by atoms with van der Waals surface area (Å²) < 4.78 is 0. The van der Waals surface area contributed by atoms with Crippen LogP contribution in [-0.4, -0.2) is 0 Å². The Morgan fingerprint density at radius 1 is 0.150 bits per heavy atom. The molecule has 0 N–H and O–H groups in total. The van der Waals surface area contributed by atoms with Crippen LogP contribution in [0.5, 0.6) is 0 Å². The number of fused-ring (bicyclic) bond motifs is 20. The number of benzene rings is 17. The Labute approximate surface area is 826 Å². The molecule has 12 fully saturated rings. The molecule has 0 saturated heterocycles. The molecule has 0 aromatic heterocycles. The van der Waals surface area contributed by atoms with Crippen LogP contribution in [0.1, 0.15) is 205 Å². The Kier molecular flexibility index (Phi) is 17.8. The van der Waals surface area contributed by atoms with E-state index in [1.807, 2.05) is 0 Å². The van der Waals surface area contributed by atoms with Crippen LogP contribution < -0.4 is 14.7 Å². The van der Waals surface area contributed by atoms with E-state index in [1.165, 1.54) is 269 Å². The number of hydrogen-bond acceptors (Lipinski definition) is 3. The van der Waals surface area contributed by atoms with Gasteiger partial charge in [-0.15, -0.1) is 0 Å². The molecule has 3 nitrogen and oxygen atoms in total. The second-order valence-corrected chi connectivity index (χ2v) is 47.5. The highest BCUT2D eigenvalue weighted by Gasteiger charge is 2.65. The van der Waals surface area contributed by atoms with Gasteiger partial charge in [-0.05, 0) is 432 Å². The van der Waals surface area contributed by atoms with Crippen LogP contribution in [0.4, 0.5) is 51.2 Å². The molecule has 35 rings (SSSR count). The summed E-state index contributed by atoms with van der Waals surface area (Å²) in [4.78, 5) is 7.63. The fourth-order valence-corrected chi connectivity index (χ4v) is 34.9. The number of nitrogens with zero attached hydrogens (tertiary/aromatic N) is 3. The first-order valence-electron chi connectivity index (χ1n) is 53.4. The number of para-hydroxylation sites is 1. The minimum atomic E-state index is -0.0546. The molecule has 3 heteroatoms. The van der Waals surface area contributed by atoms with Crippen molar-refractivity contribution in [3.05, 3.63) is 437 Å². The molecule has 18 aliphatic carbocycles. The fraction of sp³-hybridized carbons (Fsp3) is 0.285. The molecule has 0 aliphatic heterocycles. The van der Waals surface area contributed by atoms with Crippen molar-refractivity contribution < 1.29 is 0 Å². The van der Waals surface area contributed by atoms with Gasteiger partial charge in [0.25, 0.3) is 0 Å².